The fourth-order valence-corrected chi connectivity index (χ4v) is 2.72. The first-order valence-corrected chi connectivity index (χ1v) is 6.84. The quantitative estimate of drug-likeness (QED) is 0.493. The van der Waals surface area contributed by atoms with Crippen molar-refractivity contribution in [2.75, 3.05) is 0 Å². The molecule has 4 atom stereocenters. The normalized spacial score (nSPS) is 31.4. The molecular formula is C13H23NO6. The number of hydrogen-bond donors (Lipinski definition) is 5. The molecule has 0 aromatic heterocycles. The third kappa shape index (κ3) is 4.73. The van der Waals surface area contributed by atoms with Gasteiger partial charge in [-0.15, -0.1) is 0 Å². The Hall–Kier alpha value is -1.18. The van der Waals surface area contributed by atoms with Crippen LogP contribution in [0.4, 0.5) is 0 Å². The summed E-state index contributed by atoms with van der Waals surface area (Å²) in [6.45, 7) is 2.39. The van der Waals surface area contributed by atoms with Crippen molar-refractivity contribution in [2.24, 2.45) is 0 Å². The molecule has 0 saturated carbocycles. The van der Waals surface area contributed by atoms with Crippen LogP contribution in [0.25, 0.3) is 0 Å². The lowest BCUT2D eigenvalue weighted by Crippen LogP contribution is -2.39. The summed E-state index contributed by atoms with van der Waals surface area (Å²) in [4.78, 5) is 19.5. The molecule has 2 saturated heterocycles. The Morgan fingerprint density at radius 2 is 1.60 bits per heavy atom. The average Bonchev–Trinajstić information content (AvgIpc) is 2.63. The summed E-state index contributed by atoms with van der Waals surface area (Å²) in [5.74, 6) is -3.54. The summed E-state index contributed by atoms with van der Waals surface area (Å²) in [7, 11) is 0. The predicted molar refractivity (Wildman–Crippen MR) is 70.3 cm³/mol. The number of aliphatic hydroxyl groups is 2. The highest BCUT2D eigenvalue weighted by Gasteiger charge is 2.35. The summed E-state index contributed by atoms with van der Waals surface area (Å²) >= 11 is 0. The molecule has 0 aromatic carbocycles. The van der Waals surface area contributed by atoms with E-state index in [0.29, 0.717) is 5.54 Å². The molecule has 5 N–H and O–H groups in total. The van der Waals surface area contributed by atoms with Gasteiger partial charge in [0.2, 0.25) is 0 Å². The molecule has 20 heavy (non-hydrogen) atoms. The molecule has 0 spiro atoms. The van der Waals surface area contributed by atoms with Crippen LogP contribution in [0.2, 0.25) is 0 Å². The highest BCUT2D eigenvalue weighted by Crippen LogP contribution is 2.33. The van der Waals surface area contributed by atoms with E-state index in [2.05, 4.69) is 12.2 Å². The molecule has 2 bridgehead atoms. The van der Waals surface area contributed by atoms with Crippen molar-refractivity contribution in [3.63, 3.8) is 0 Å². The minimum absolute atomic E-state index is 0.529. The number of carboxylic acids is 2. The van der Waals surface area contributed by atoms with E-state index in [1.165, 1.54) is 38.5 Å². The molecule has 116 valence electrons. The second-order valence-electron chi connectivity index (χ2n) is 5.75. The zero-order valence-electron chi connectivity index (χ0n) is 11.6. The van der Waals surface area contributed by atoms with Gasteiger partial charge in [-0.05, 0) is 32.6 Å². The van der Waals surface area contributed by atoms with Gasteiger partial charge in [0.25, 0.3) is 0 Å². The number of nitrogens with one attached hydrogen (secondary N) is 1. The minimum atomic E-state index is -2.27. The minimum Gasteiger partial charge on any atom is -0.479 e. The molecule has 0 radical (unpaired) electrons. The Bertz CT molecular complexity index is 341. The lowest BCUT2D eigenvalue weighted by atomic mass is 9.91. The van der Waals surface area contributed by atoms with Gasteiger partial charge in [-0.25, -0.2) is 9.59 Å². The van der Waals surface area contributed by atoms with Crippen molar-refractivity contribution in [1.82, 2.24) is 5.32 Å². The van der Waals surface area contributed by atoms with Crippen LogP contribution in [0.15, 0.2) is 0 Å². The van der Waals surface area contributed by atoms with Gasteiger partial charge < -0.3 is 25.7 Å². The summed E-state index contributed by atoms with van der Waals surface area (Å²) < 4.78 is 0. The molecule has 0 amide bonds. The molecule has 7 heteroatoms. The van der Waals surface area contributed by atoms with E-state index in [9.17, 15) is 9.59 Å². The van der Waals surface area contributed by atoms with E-state index in [1.807, 2.05) is 0 Å². The maximum Gasteiger partial charge on any atom is 0.335 e. The highest BCUT2D eigenvalue weighted by atomic mass is 16.4. The molecule has 7 nitrogen and oxygen atoms in total. The topological polar surface area (TPSA) is 127 Å². The zero-order valence-corrected chi connectivity index (χ0v) is 11.6. The molecule has 2 fully saturated rings. The zero-order chi connectivity index (χ0) is 15.3. The van der Waals surface area contributed by atoms with Gasteiger partial charge in [0.15, 0.2) is 12.2 Å². The van der Waals surface area contributed by atoms with E-state index in [4.69, 9.17) is 20.4 Å². The fraction of sp³-hybridized carbons (Fsp3) is 0.846. The van der Waals surface area contributed by atoms with Crippen LogP contribution in [-0.2, 0) is 9.59 Å². The predicted octanol–water partition coefficient (Wildman–Crippen LogP) is -0.0515. The van der Waals surface area contributed by atoms with Gasteiger partial charge in [-0.3, -0.25) is 0 Å². The number of carbonyl (C=O) groups is 2. The Morgan fingerprint density at radius 3 is 2.10 bits per heavy atom. The number of aliphatic hydroxyl groups excluding tert-OH is 2. The summed E-state index contributed by atoms with van der Waals surface area (Å²) in [6, 6.07) is 0.868. The number of hydrogen-bond acceptors (Lipinski definition) is 5. The first-order chi connectivity index (χ1) is 9.25. The standard InChI is InChI=1S/C9H17N.C4H6O6/c1-9-6-3-2-4-8(10-9)5-7-9;5-1(3(7)8)2(6)4(9)10/h8,10H,2-7H2,1H3;1-2,5-6H,(H,7,8)(H,9,10). The van der Waals surface area contributed by atoms with Crippen LogP contribution in [0.1, 0.15) is 45.4 Å². The lowest BCUT2D eigenvalue weighted by Gasteiger charge is -2.23. The van der Waals surface area contributed by atoms with Crippen LogP contribution in [0, 0.1) is 0 Å². The van der Waals surface area contributed by atoms with Crippen molar-refractivity contribution < 1.29 is 30.0 Å². The third-order valence-corrected chi connectivity index (χ3v) is 3.93. The van der Waals surface area contributed by atoms with Crippen LogP contribution < -0.4 is 5.32 Å². The van der Waals surface area contributed by atoms with E-state index in [-0.39, 0.29) is 0 Å². The van der Waals surface area contributed by atoms with Gasteiger partial charge in [0, 0.05) is 11.6 Å². The number of aliphatic carboxylic acids is 2. The fourth-order valence-electron chi connectivity index (χ4n) is 2.72. The van der Waals surface area contributed by atoms with Crippen LogP contribution in [0.5, 0.6) is 0 Å². The first-order valence-electron chi connectivity index (χ1n) is 6.84. The van der Waals surface area contributed by atoms with Gasteiger partial charge in [0.05, 0.1) is 0 Å². The maximum absolute atomic E-state index is 9.77. The second kappa shape index (κ2) is 7.01. The summed E-state index contributed by atoms with van der Waals surface area (Å²) in [5, 5.41) is 36.3. The maximum atomic E-state index is 9.77. The summed E-state index contributed by atoms with van der Waals surface area (Å²) in [5.41, 5.74) is 0.529. The van der Waals surface area contributed by atoms with Crippen molar-refractivity contribution in [1.29, 1.82) is 0 Å². The Balaban J connectivity index is 0.000000200. The first kappa shape index (κ1) is 16.9. The van der Waals surface area contributed by atoms with Gasteiger partial charge >= 0.3 is 11.9 Å². The van der Waals surface area contributed by atoms with Crippen LogP contribution in [0.3, 0.4) is 0 Å². The SMILES string of the molecule is CC12CCCCC(CC1)N2.O=C(O)C(O)C(O)C(=O)O. The molecule has 2 aliphatic heterocycles. The Labute approximate surface area is 117 Å². The highest BCUT2D eigenvalue weighted by molar-refractivity contribution is 5.83. The van der Waals surface area contributed by atoms with Gasteiger partial charge in [0.1, 0.15) is 0 Å². The van der Waals surface area contributed by atoms with E-state index in [0.717, 1.165) is 6.04 Å². The Kier molecular flexibility index (Phi) is 5.91. The smallest absolute Gasteiger partial charge is 0.335 e. The van der Waals surface area contributed by atoms with Crippen LogP contribution in [-0.4, -0.2) is 56.2 Å². The Morgan fingerprint density at radius 1 is 1.05 bits per heavy atom. The molecule has 0 aromatic rings. The second-order valence-corrected chi connectivity index (χ2v) is 5.75. The largest absolute Gasteiger partial charge is 0.479 e. The van der Waals surface area contributed by atoms with Crippen molar-refractivity contribution >= 4 is 11.9 Å². The monoisotopic (exact) mass is 289 g/mol. The number of rotatable bonds is 3. The van der Waals surface area contributed by atoms with Gasteiger partial charge in [-0.1, -0.05) is 12.8 Å². The van der Waals surface area contributed by atoms with Gasteiger partial charge in [-0.2, -0.15) is 0 Å². The van der Waals surface area contributed by atoms with Crippen LogP contribution >= 0.6 is 0 Å². The molecule has 2 aliphatic rings. The lowest BCUT2D eigenvalue weighted by molar-refractivity contribution is -0.165. The molecule has 2 rings (SSSR count). The molecule has 2 heterocycles. The molecule has 0 aliphatic carbocycles. The van der Waals surface area contributed by atoms with E-state index in [1.54, 1.807) is 0 Å². The van der Waals surface area contributed by atoms with Crippen molar-refractivity contribution in [3.05, 3.63) is 0 Å². The molecular weight excluding hydrogens is 266 g/mol. The number of carboxylic acid groups (broad SMARTS) is 2. The van der Waals surface area contributed by atoms with Crippen molar-refractivity contribution in [3.8, 4) is 0 Å². The number of fused-ring (bicyclic) bond motifs is 2. The molecule has 4 unspecified atom stereocenters. The van der Waals surface area contributed by atoms with E-state index < -0.39 is 24.1 Å². The average molecular weight is 289 g/mol. The summed E-state index contributed by atoms with van der Waals surface area (Å²) in [6.07, 6.45) is 4.04. The van der Waals surface area contributed by atoms with Crippen molar-refractivity contribution in [2.45, 2.75) is 69.2 Å². The van der Waals surface area contributed by atoms with E-state index >= 15 is 0 Å². The third-order valence-electron chi connectivity index (χ3n) is 3.93.